The molecule has 1 aliphatic carbocycles. The van der Waals surface area contributed by atoms with Gasteiger partial charge in [-0.2, -0.15) is 26.3 Å². The minimum absolute atomic E-state index is 0.0311. The van der Waals surface area contributed by atoms with E-state index in [9.17, 15) is 31.8 Å². The lowest BCUT2D eigenvalue weighted by molar-refractivity contribution is -0.143. The molecule has 1 saturated carbocycles. The fourth-order valence-electron chi connectivity index (χ4n) is 9.45. The average Bonchev–Trinajstić information content (AvgIpc) is 3.82. The van der Waals surface area contributed by atoms with E-state index in [-0.39, 0.29) is 48.8 Å². The van der Waals surface area contributed by atoms with Crippen LogP contribution in [0.4, 0.5) is 26.3 Å². The minimum atomic E-state index is -4.91. The number of fused-ring (bicyclic) bond motifs is 1. The molecule has 2 saturated heterocycles. The third-order valence-corrected chi connectivity index (χ3v) is 12.4. The highest BCUT2D eigenvalue weighted by atomic mass is 19.4. The Morgan fingerprint density at radius 1 is 0.818 bits per heavy atom. The van der Waals surface area contributed by atoms with Gasteiger partial charge in [-0.1, -0.05) is 74.6 Å². The summed E-state index contributed by atoms with van der Waals surface area (Å²) < 4.78 is 82.7. The number of hydrogen-bond acceptors (Lipinski definition) is 5. The summed E-state index contributed by atoms with van der Waals surface area (Å²) >= 11 is 0. The second kappa shape index (κ2) is 16.2. The highest BCUT2D eigenvalue weighted by Crippen LogP contribution is 2.38. The van der Waals surface area contributed by atoms with Gasteiger partial charge in [-0.3, -0.25) is 15.3 Å². The number of rotatable bonds is 12. The molecule has 3 N–H and O–H groups in total. The highest BCUT2D eigenvalue weighted by molar-refractivity contribution is 5.83. The van der Waals surface area contributed by atoms with Gasteiger partial charge >= 0.3 is 12.4 Å². The largest absolute Gasteiger partial charge is 0.416 e. The van der Waals surface area contributed by atoms with E-state index in [1.54, 1.807) is 0 Å². The molecule has 3 aromatic rings. The third-order valence-electron chi connectivity index (χ3n) is 12.4. The zero-order valence-electron chi connectivity index (χ0n) is 31.6. The first kappa shape index (κ1) is 39.2. The van der Waals surface area contributed by atoms with Crippen molar-refractivity contribution in [3.8, 4) is 0 Å². The van der Waals surface area contributed by atoms with Gasteiger partial charge in [0.05, 0.1) is 17.7 Å². The van der Waals surface area contributed by atoms with Crippen LogP contribution < -0.4 is 5.73 Å². The number of benzene rings is 3. The van der Waals surface area contributed by atoms with Gasteiger partial charge in [0.15, 0.2) is 11.9 Å². The van der Waals surface area contributed by atoms with Gasteiger partial charge < -0.3 is 20.4 Å². The number of nitrogens with zero attached hydrogens (tertiary/aromatic N) is 5. The van der Waals surface area contributed by atoms with Crippen LogP contribution in [-0.4, -0.2) is 95.0 Å². The van der Waals surface area contributed by atoms with Gasteiger partial charge in [0.1, 0.15) is 0 Å². The van der Waals surface area contributed by atoms with E-state index >= 15 is 0 Å². The molecule has 13 heteroatoms. The maximum absolute atomic E-state index is 13.8. The fourth-order valence-corrected chi connectivity index (χ4v) is 9.45. The van der Waals surface area contributed by atoms with Gasteiger partial charge in [0.2, 0.25) is 0 Å². The van der Waals surface area contributed by atoms with Crippen molar-refractivity contribution in [2.45, 2.75) is 108 Å². The maximum atomic E-state index is 13.8. The zero-order valence-corrected chi connectivity index (χ0v) is 31.6. The first-order valence-corrected chi connectivity index (χ1v) is 19.9. The lowest BCUT2D eigenvalue weighted by Gasteiger charge is -2.37. The molecule has 1 unspecified atom stereocenters. The zero-order chi connectivity index (χ0) is 38.9. The Kier molecular flexibility index (Phi) is 11.6. The number of nitrogens with one attached hydrogen (secondary N) is 1. The number of alkyl halides is 6. The van der Waals surface area contributed by atoms with Crippen molar-refractivity contribution in [2.24, 2.45) is 16.6 Å². The molecule has 0 aromatic heterocycles. The molecule has 0 bridgehead atoms. The molecule has 7 rings (SSSR count). The molecule has 0 radical (unpaired) electrons. The first-order valence-electron chi connectivity index (χ1n) is 19.9. The number of nitrogens with two attached hydrogens (primary N) is 1. The van der Waals surface area contributed by atoms with Crippen LogP contribution in [0.1, 0.15) is 80.5 Å². The molecular weight excluding hydrogens is 716 g/mol. The summed E-state index contributed by atoms with van der Waals surface area (Å²) in [4.78, 5) is 13.3. The third kappa shape index (κ3) is 9.18. The number of hydrogen-bond donors (Lipinski definition) is 2. The molecule has 3 aliphatic heterocycles. The molecule has 55 heavy (non-hydrogen) atoms. The topological polar surface area (TPSA) is 75.2 Å². The summed E-state index contributed by atoms with van der Waals surface area (Å²) in [5.74, 6) is 1.35. The number of likely N-dealkylation sites (tertiary alicyclic amines) is 1. The van der Waals surface area contributed by atoms with Crippen molar-refractivity contribution in [2.75, 3.05) is 39.3 Å². The Balaban J connectivity index is 1.17. The van der Waals surface area contributed by atoms with Gasteiger partial charge in [0.25, 0.3) is 0 Å². The summed E-state index contributed by atoms with van der Waals surface area (Å²) in [6, 6.07) is 16.9. The van der Waals surface area contributed by atoms with Crippen molar-refractivity contribution < 1.29 is 26.3 Å². The van der Waals surface area contributed by atoms with Crippen LogP contribution in [0, 0.1) is 11.3 Å². The molecule has 3 heterocycles. The van der Waals surface area contributed by atoms with Crippen molar-refractivity contribution in [1.82, 2.24) is 19.6 Å². The van der Waals surface area contributed by atoms with Gasteiger partial charge in [-0.15, -0.1) is 0 Å². The van der Waals surface area contributed by atoms with Gasteiger partial charge in [-0.05, 0) is 91.6 Å². The van der Waals surface area contributed by atoms with Crippen LogP contribution >= 0.6 is 0 Å². The lowest BCUT2D eigenvalue weighted by atomic mass is 9.84. The molecule has 4 aliphatic rings. The van der Waals surface area contributed by atoms with Gasteiger partial charge in [0, 0.05) is 50.3 Å². The lowest BCUT2D eigenvalue weighted by Crippen LogP contribution is -2.52. The van der Waals surface area contributed by atoms with Crippen molar-refractivity contribution in [1.29, 1.82) is 5.41 Å². The quantitative estimate of drug-likeness (QED) is 0.181. The van der Waals surface area contributed by atoms with E-state index < -0.39 is 23.5 Å². The van der Waals surface area contributed by atoms with Crippen LogP contribution in [0.5, 0.6) is 0 Å². The minimum Gasteiger partial charge on any atom is -0.370 e. The Hall–Kier alpha value is -4.00. The molecule has 0 spiro atoms. The van der Waals surface area contributed by atoms with Crippen LogP contribution in [0.2, 0.25) is 0 Å². The molecule has 298 valence electrons. The van der Waals surface area contributed by atoms with E-state index in [4.69, 9.17) is 5.73 Å². The Morgan fingerprint density at radius 3 is 2.20 bits per heavy atom. The van der Waals surface area contributed by atoms with E-state index in [1.807, 2.05) is 17.0 Å². The predicted molar refractivity (Wildman–Crippen MR) is 205 cm³/mol. The Bertz CT molecular complexity index is 1800. The molecular formula is C42H53F6N7. The molecule has 3 aromatic carbocycles. The van der Waals surface area contributed by atoms with Crippen molar-refractivity contribution in [3.63, 3.8) is 0 Å². The SMILES string of the molecule is C[C@H]1CN=C(N)N1CC1CCCN1C[C@@H](Cc1ccc2ccccc2c1)N1C[C@@H](CC2CCCCC2)N(CCc2cc(C(F)(F)F)cc(C(F)(F)F)c2)C1=N. The Labute approximate surface area is 320 Å². The summed E-state index contributed by atoms with van der Waals surface area (Å²) in [6.07, 6.45) is -0.563. The maximum Gasteiger partial charge on any atom is 0.416 e. The van der Waals surface area contributed by atoms with Crippen molar-refractivity contribution in [3.05, 3.63) is 82.9 Å². The van der Waals surface area contributed by atoms with E-state index in [1.165, 1.54) is 6.42 Å². The van der Waals surface area contributed by atoms with Crippen molar-refractivity contribution >= 4 is 22.7 Å². The summed E-state index contributed by atoms with van der Waals surface area (Å²) in [7, 11) is 0. The fraction of sp³-hybridized carbons (Fsp3) is 0.571. The van der Waals surface area contributed by atoms with E-state index in [0.29, 0.717) is 43.9 Å². The second-order valence-corrected chi connectivity index (χ2v) is 16.3. The average molecular weight is 770 g/mol. The predicted octanol–water partition coefficient (Wildman–Crippen LogP) is 8.41. The second-order valence-electron chi connectivity index (χ2n) is 16.3. The number of aliphatic imine (C=N–C) groups is 1. The van der Waals surface area contributed by atoms with Crippen LogP contribution in [0.3, 0.4) is 0 Å². The Morgan fingerprint density at radius 2 is 1.53 bits per heavy atom. The molecule has 3 fully saturated rings. The smallest absolute Gasteiger partial charge is 0.370 e. The summed E-state index contributed by atoms with van der Waals surface area (Å²) in [5, 5.41) is 12.0. The number of guanidine groups is 2. The first-order chi connectivity index (χ1) is 26.2. The summed E-state index contributed by atoms with van der Waals surface area (Å²) in [6.45, 7) is 5.99. The van der Waals surface area contributed by atoms with Crippen LogP contribution in [-0.2, 0) is 25.2 Å². The van der Waals surface area contributed by atoms with E-state index in [0.717, 1.165) is 86.5 Å². The highest BCUT2D eigenvalue weighted by Gasteiger charge is 2.42. The van der Waals surface area contributed by atoms with E-state index in [2.05, 4.69) is 56.9 Å². The van der Waals surface area contributed by atoms with Gasteiger partial charge in [-0.25, -0.2) is 0 Å². The molecule has 0 amide bonds. The summed E-state index contributed by atoms with van der Waals surface area (Å²) in [5.41, 5.74) is 4.82. The normalized spacial score (nSPS) is 23.7. The molecule has 4 atom stereocenters. The van der Waals surface area contributed by atoms with Crippen LogP contribution in [0.25, 0.3) is 10.8 Å². The number of halogens is 6. The molecule has 7 nitrogen and oxygen atoms in total. The standard InChI is InChI=1S/C42H53F6N7/c1-28-24-51-39(49)54(28)26-36-12-7-16-52(36)25-37(22-30-13-14-32-10-5-6-11-33(32)18-30)55-27-38(21-29-8-3-2-4-9-29)53(40(55)50)17-15-31-19-34(41(43,44)45)23-35(20-31)42(46,47)48/h5-6,10-11,13-14,18-20,23,28-29,36-38,50H,2-4,7-9,12,15-17,21-22,24-27H2,1H3,(H2,49,51)/t28-,36?,37+,38+/m0/s1. The monoisotopic (exact) mass is 769 g/mol. The van der Waals surface area contributed by atoms with Crippen LogP contribution in [0.15, 0.2) is 65.7 Å².